The average Bonchev–Trinajstić information content (AvgIpc) is 2.74. The van der Waals surface area contributed by atoms with Crippen molar-refractivity contribution >= 4 is 46.6 Å². The Morgan fingerprint density at radius 3 is 2.70 bits per heavy atom. The summed E-state index contributed by atoms with van der Waals surface area (Å²) in [5.74, 6) is -0.343. The van der Waals surface area contributed by atoms with Crippen molar-refractivity contribution in [2.75, 3.05) is 16.0 Å². The lowest BCUT2D eigenvalue weighted by Gasteiger charge is -2.29. The van der Waals surface area contributed by atoms with Gasteiger partial charge in [-0.1, -0.05) is 29.8 Å². The van der Waals surface area contributed by atoms with Crippen LogP contribution in [0, 0.1) is 12.7 Å². The van der Waals surface area contributed by atoms with Crippen LogP contribution in [0.25, 0.3) is 0 Å². The smallest absolute Gasteiger partial charge is 0.255 e. The third-order valence-electron chi connectivity index (χ3n) is 4.93. The fourth-order valence-corrected chi connectivity index (χ4v) is 4.32. The van der Waals surface area contributed by atoms with Gasteiger partial charge in [0, 0.05) is 21.2 Å². The minimum absolute atomic E-state index is 0.0555. The van der Waals surface area contributed by atoms with Crippen molar-refractivity contribution < 1.29 is 14.0 Å². The third kappa shape index (κ3) is 4.20. The Labute approximate surface area is 183 Å². The first-order chi connectivity index (χ1) is 14.4. The van der Waals surface area contributed by atoms with Crippen LogP contribution >= 0.6 is 23.4 Å². The molecule has 1 aliphatic heterocycles. The van der Waals surface area contributed by atoms with Crippen molar-refractivity contribution in [3.8, 4) is 0 Å². The van der Waals surface area contributed by atoms with Gasteiger partial charge in [0.15, 0.2) is 0 Å². The summed E-state index contributed by atoms with van der Waals surface area (Å²) in [6.45, 7) is 2.15. The number of thioether (sulfide) groups is 1. The molecule has 0 saturated carbocycles. The zero-order chi connectivity index (χ0) is 21.3. The lowest BCUT2D eigenvalue weighted by Crippen LogP contribution is -2.35. The Morgan fingerprint density at radius 2 is 1.93 bits per heavy atom. The number of rotatable bonds is 4. The van der Waals surface area contributed by atoms with Crippen LogP contribution in [0.4, 0.5) is 15.8 Å². The van der Waals surface area contributed by atoms with Crippen molar-refractivity contribution in [1.82, 2.24) is 0 Å². The van der Waals surface area contributed by atoms with E-state index in [4.69, 9.17) is 11.6 Å². The van der Waals surface area contributed by atoms with Gasteiger partial charge in [-0.2, -0.15) is 0 Å². The first-order valence-corrected chi connectivity index (χ1v) is 10.7. The van der Waals surface area contributed by atoms with E-state index in [1.807, 2.05) is 13.0 Å². The largest absolute Gasteiger partial charge is 0.322 e. The minimum atomic E-state index is -0.324. The summed E-state index contributed by atoms with van der Waals surface area (Å²) in [4.78, 5) is 28.0. The zero-order valence-corrected chi connectivity index (χ0v) is 17.7. The van der Waals surface area contributed by atoms with Gasteiger partial charge in [0.25, 0.3) is 5.91 Å². The fraction of sp³-hybridized carbons (Fsp3) is 0.130. The van der Waals surface area contributed by atoms with E-state index < -0.39 is 0 Å². The molecule has 3 aromatic carbocycles. The first-order valence-electron chi connectivity index (χ1n) is 9.30. The number of carbonyl (C=O) groups excluding carboxylic acids is 2. The number of hydrogen-bond donors (Lipinski definition) is 1. The van der Waals surface area contributed by atoms with E-state index in [0.717, 1.165) is 16.0 Å². The molecule has 0 fully saturated rings. The number of carbonyl (C=O) groups is 2. The molecule has 7 heteroatoms. The molecule has 1 N–H and O–H groups in total. The second-order valence-corrected chi connectivity index (χ2v) is 8.37. The Bertz CT molecular complexity index is 1130. The highest BCUT2D eigenvalue weighted by Crippen LogP contribution is 2.37. The summed E-state index contributed by atoms with van der Waals surface area (Å²) in [6, 6.07) is 16.7. The molecule has 152 valence electrons. The second-order valence-electron chi connectivity index (χ2n) is 6.94. The first kappa shape index (κ1) is 20.4. The van der Waals surface area contributed by atoms with Crippen LogP contribution in [-0.4, -0.2) is 17.6 Å². The van der Waals surface area contributed by atoms with Crippen LogP contribution in [0.3, 0.4) is 0 Å². The summed E-state index contributed by atoms with van der Waals surface area (Å²) >= 11 is 7.58. The molecule has 30 heavy (non-hydrogen) atoms. The molecule has 0 bridgehead atoms. The maximum absolute atomic E-state index is 13.2. The second kappa shape index (κ2) is 8.50. The van der Waals surface area contributed by atoms with Crippen LogP contribution < -0.4 is 10.2 Å². The standard InChI is InChI=1S/C23H18ClFN2O2S/c1-14-18(24)3-2-4-19(14)26-23(29)16-7-10-21-20(11-16)27(22(28)13-30-21)12-15-5-8-17(25)9-6-15/h2-11H,12-13H2,1H3,(H,26,29). The summed E-state index contributed by atoms with van der Waals surface area (Å²) in [6.07, 6.45) is 0. The van der Waals surface area contributed by atoms with Gasteiger partial charge in [-0.3, -0.25) is 9.59 Å². The van der Waals surface area contributed by atoms with E-state index in [0.29, 0.717) is 34.3 Å². The molecule has 0 aliphatic carbocycles. The van der Waals surface area contributed by atoms with E-state index in [1.165, 1.54) is 23.9 Å². The van der Waals surface area contributed by atoms with Gasteiger partial charge in [-0.05, 0) is 60.5 Å². The molecule has 1 aliphatic rings. The minimum Gasteiger partial charge on any atom is -0.322 e. The summed E-state index contributed by atoms with van der Waals surface area (Å²) < 4.78 is 13.2. The summed E-state index contributed by atoms with van der Waals surface area (Å²) in [5.41, 5.74) is 3.35. The highest BCUT2D eigenvalue weighted by atomic mass is 35.5. The molecule has 0 saturated heterocycles. The lowest BCUT2D eigenvalue weighted by molar-refractivity contribution is -0.116. The number of fused-ring (bicyclic) bond motifs is 1. The van der Waals surface area contributed by atoms with Crippen molar-refractivity contribution in [1.29, 1.82) is 0 Å². The zero-order valence-electron chi connectivity index (χ0n) is 16.1. The van der Waals surface area contributed by atoms with Crippen LogP contribution in [0.5, 0.6) is 0 Å². The molecule has 0 unspecified atom stereocenters. The molecule has 0 spiro atoms. The number of anilines is 2. The highest BCUT2D eigenvalue weighted by molar-refractivity contribution is 8.00. The molecule has 0 atom stereocenters. The van der Waals surface area contributed by atoms with Gasteiger partial charge in [-0.15, -0.1) is 11.8 Å². The van der Waals surface area contributed by atoms with Gasteiger partial charge in [0.2, 0.25) is 5.91 Å². The van der Waals surface area contributed by atoms with Crippen molar-refractivity contribution in [3.63, 3.8) is 0 Å². The van der Waals surface area contributed by atoms with E-state index in [2.05, 4.69) is 5.32 Å². The average molecular weight is 441 g/mol. The molecule has 2 amide bonds. The third-order valence-corrected chi connectivity index (χ3v) is 6.39. The topological polar surface area (TPSA) is 49.4 Å². The Balaban J connectivity index is 1.62. The molecule has 3 aromatic rings. The van der Waals surface area contributed by atoms with Gasteiger partial charge < -0.3 is 10.2 Å². The SMILES string of the molecule is Cc1c(Cl)cccc1NC(=O)c1ccc2c(c1)N(Cc1ccc(F)cc1)C(=O)CS2. The number of amides is 2. The highest BCUT2D eigenvalue weighted by Gasteiger charge is 2.26. The maximum Gasteiger partial charge on any atom is 0.255 e. The Hall–Kier alpha value is -2.83. The molecule has 4 rings (SSSR count). The van der Waals surface area contributed by atoms with Crippen molar-refractivity contribution in [2.45, 2.75) is 18.4 Å². The van der Waals surface area contributed by atoms with Crippen LogP contribution in [0.15, 0.2) is 65.6 Å². The predicted molar refractivity (Wildman–Crippen MR) is 119 cm³/mol. The maximum atomic E-state index is 13.2. The number of benzene rings is 3. The number of nitrogens with one attached hydrogen (secondary N) is 1. The normalized spacial score (nSPS) is 13.2. The monoisotopic (exact) mass is 440 g/mol. The van der Waals surface area contributed by atoms with Crippen molar-refractivity contribution in [3.05, 3.63) is 88.2 Å². The van der Waals surface area contributed by atoms with Gasteiger partial charge in [-0.25, -0.2) is 4.39 Å². The van der Waals surface area contributed by atoms with E-state index in [9.17, 15) is 14.0 Å². The predicted octanol–water partition coefficient (Wildman–Crippen LogP) is 5.68. The molecular formula is C23H18ClFN2O2S. The molecule has 0 radical (unpaired) electrons. The van der Waals surface area contributed by atoms with E-state index in [-0.39, 0.29) is 17.6 Å². The Morgan fingerprint density at radius 1 is 1.17 bits per heavy atom. The molecule has 1 heterocycles. The summed E-state index contributed by atoms with van der Waals surface area (Å²) in [7, 11) is 0. The van der Waals surface area contributed by atoms with Crippen LogP contribution in [0.2, 0.25) is 5.02 Å². The van der Waals surface area contributed by atoms with Gasteiger partial charge in [0.05, 0.1) is 18.0 Å². The number of nitrogens with zero attached hydrogens (tertiary/aromatic N) is 1. The molecule has 0 aromatic heterocycles. The van der Waals surface area contributed by atoms with E-state index in [1.54, 1.807) is 47.4 Å². The number of halogens is 2. The number of hydrogen-bond acceptors (Lipinski definition) is 3. The van der Waals surface area contributed by atoms with Crippen LogP contribution in [-0.2, 0) is 11.3 Å². The van der Waals surface area contributed by atoms with E-state index >= 15 is 0 Å². The van der Waals surface area contributed by atoms with Gasteiger partial charge in [0.1, 0.15) is 5.82 Å². The summed E-state index contributed by atoms with van der Waals surface area (Å²) in [5, 5.41) is 3.46. The van der Waals surface area contributed by atoms with Crippen LogP contribution in [0.1, 0.15) is 21.5 Å². The molecular weight excluding hydrogens is 423 g/mol. The van der Waals surface area contributed by atoms with Gasteiger partial charge >= 0.3 is 0 Å². The Kier molecular flexibility index (Phi) is 5.79. The fourth-order valence-electron chi connectivity index (χ4n) is 3.23. The lowest BCUT2D eigenvalue weighted by atomic mass is 10.1. The quantitative estimate of drug-likeness (QED) is 0.568. The molecule has 4 nitrogen and oxygen atoms in total. The van der Waals surface area contributed by atoms with Crippen molar-refractivity contribution in [2.24, 2.45) is 0 Å².